The summed E-state index contributed by atoms with van der Waals surface area (Å²) in [6, 6.07) is 12.5. The van der Waals surface area contributed by atoms with E-state index in [1.165, 1.54) is 6.08 Å². The minimum atomic E-state index is -0.320. The van der Waals surface area contributed by atoms with Gasteiger partial charge in [-0.1, -0.05) is 18.2 Å². The van der Waals surface area contributed by atoms with Gasteiger partial charge in [0.05, 0.1) is 24.5 Å². The minimum absolute atomic E-state index is 0.112. The standard InChI is InChI=1S/C21H20N2O5/c24-20(8-6-15-5-7-18-19(13-15)28-14-27-18)22-17-4-2-1-3-16(17)21(25)23-9-11-26-12-10-23/h1-8,13H,9-12,14H2,(H,22,24)/b8-6+. The molecule has 144 valence electrons. The molecular weight excluding hydrogens is 360 g/mol. The first-order valence-electron chi connectivity index (χ1n) is 9.05. The normalized spacial score (nSPS) is 15.6. The molecule has 2 aliphatic heterocycles. The van der Waals surface area contributed by atoms with Crippen LogP contribution in [-0.2, 0) is 9.53 Å². The Morgan fingerprint density at radius 1 is 1.00 bits per heavy atom. The number of carbonyl (C=O) groups is 2. The molecule has 1 saturated heterocycles. The number of nitrogens with one attached hydrogen (secondary N) is 1. The monoisotopic (exact) mass is 380 g/mol. The average Bonchev–Trinajstić information content (AvgIpc) is 3.21. The molecule has 7 nitrogen and oxygen atoms in total. The lowest BCUT2D eigenvalue weighted by molar-refractivity contribution is -0.111. The summed E-state index contributed by atoms with van der Waals surface area (Å²) in [4.78, 5) is 26.9. The second-order valence-corrected chi connectivity index (χ2v) is 6.39. The van der Waals surface area contributed by atoms with Gasteiger partial charge >= 0.3 is 0 Å². The van der Waals surface area contributed by atoms with Crippen molar-refractivity contribution in [3.63, 3.8) is 0 Å². The molecular formula is C21H20N2O5. The number of anilines is 1. The van der Waals surface area contributed by atoms with Crippen LogP contribution in [0.5, 0.6) is 11.5 Å². The zero-order valence-corrected chi connectivity index (χ0v) is 15.2. The van der Waals surface area contributed by atoms with Gasteiger partial charge < -0.3 is 24.4 Å². The van der Waals surface area contributed by atoms with Gasteiger partial charge in [-0.3, -0.25) is 9.59 Å². The molecule has 0 spiro atoms. The SMILES string of the molecule is O=C(/C=C/c1ccc2c(c1)OCO2)Nc1ccccc1C(=O)N1CCOCC1. The molecule has 2 aliphatic rings. The van der Waals surface area contributed by atoms with Gasteiger partial charge in [-0.05, 0) is 35.9 Å². The summed E-state index contributed by atoms with van der Waals surface area (Å²) in [5.41, 5.74) is 1.77. The van der Waals surface area contributed by atoms with E-state index in [0.29, 0.717) is 49.1 Å². The summed E-state index contributed by atoms with van der Waals surface area (Å²) in [5.74, 6) is 0.917. The van der Waals surface area contributed by atoms with Crippen LogP contribution in [0.1, 0.15) is 15.9 Å². The van der Waals surface area contributed by atoms with Crippen LogP contribution in [0.3, 0.4) is 0 Å². The second kappa shape index (κ2) is 8.14. The van der Waals surface area contributed by atoms with Gasteiger partial charge in [0.15, 0.2) is 11.5 Å². The van der Waals surface area contributed by atoms with Gasteiger partial charge in [0.25, 0.3) is 5.91 Å². The van der Waals surface area contributed by atoms with E-state index < -0.39 is 0 Å². The molecule has 0 bridgehead atoms. The van der Waals surface area contributed by atoms with Crippen molar-refractivity contribution in [2.24, 2.45) is 0 Å². The third-order valence-corrected chi connectivity index (χ3v) is 4.54. The molecule has 2 aromatic carbocycles. The number of hydrogen-bond donors (Lipinski definition) is 1. The Morgan fingerprint density at radius 2 is 1.79 bits per heavy atom. The molecule has 0 aromatic heterocycles. The molecule has 0 atom stereocenters. The summed E-state index contributed by atoms with van der Waals surface area (Å²) < 4.78 is 15.9. The quantitative estimate of drug-likeness (QED) is 0.825. The first kappa shape index (κ1) is 18.1. The van der Waals surface area contributed by atoms with E-state index in [0.717, 1.165) is 5.56 Å². The van der Waals surface area contributed by atoms with Crippen LogP contribution in [0.2, 0.25) is 0 Å². The molecule has 28 heavy (non-hydrogen) atoms. The Morgan fingerprint density at radius 3 is 2.64 bits per heavy atom. The summed E-state index contributed by atoms with van der Waals surface area (Å²) in [7, 11) is 0. The number of amides is 2. The van der Waals surface area contributed by atoms with Crippen LogP contribution in [0.15, 0.2) is 48.5 Å². The Labute approximate surface area is 162 Å². The lowest BCUT2D eigenvalue weighted by atomic mass is 10.1. The molecule has 2 aromatic rings. The van der Waals surface area contributed by atoms with Crippen LogP contribution in [-0.4, -0.2) is 49.8 Å². The van der Waals surface area contributed by atoms with Crippen molar-refractivity contribution >= 4 is 23.6 Å². The molecule has 4 rings (SSSR count). The maximum absolute atomic E-state index is 12.8. The number of benzene rings is 2. The lowest BCUT2D eigenvalue weighted by Gasteiger charge is -2.27. The fraction of sp³-hybridized carbons (Fsp3) is 0.238. The van der Waals surface area contributed by atoms with E-state index in [1.807, 2.05) is 12.1 Å². The summed E-state index contributed by atoms with van der Waals surface area (Å²) >= 11 is 0. The van der Waals surface area contributed by atoms with Crippen molar-refractivity contribution in [2.75, 3.05) is 38.4 Å². The zero-order chi connectivity index (χ0) is 19.3. The predicted molar refractivity (Wildman–Crippen MR) is 103 cm³/mol. The minimum Gasteiger partial charge on any atom is -0.454 e. The highest BCUT2D eigenvalue weighted by molar-refractivity contribution is 6.07. The number of carbonyl (C=O) groups excluding carboxylic acids is 2. The van der Waals surface area contributed by atoms with E-state index in [4.69, 9.17) is 14.2 Å². The van der Waals surface area contributed by atoms with Crippen molar-refractivity contribution in [1.29, 1.82) is 0 Å². The van der Waals surface area contributed by atoms with Crippen LogP contribution in [0, 0.1) is 0 Å². The highest BCUT2D eigenvalue weighted by atomic mass is 16.7. The molecule has 7 heteroatoms. The van der Waals surface area contributed by atoms with E-state index in [2.05, 4.69) is 5.32 Å². The number of morpholine rings is 1. The molecule has 2 heterocycles. The Hall–Kier alpha value is -3.32. The third kappa shape index (κ3) is 3.99. The number of fused-ring (bicyclic) bond motifs is 1. The number of nitrogens with zero attached hydrogens (tertiary/aromatic N) is 1. The van der Waals surface area contributed by atoms with E-state index in [1.54, 1.807) is 41.3 Å². The molecule has 0 unspecified atom stereocenters. The molecule has 0 aliphatic carbocycles. The van der Waals surface area contributed by atoms with Gasteiger partial charge in [-0.25, -0.2) is 0 Å². The fourth-order valence-electron chi connectivity index (χ4n) is 3.08. The van der Waals surface area contributed by atoms with Crippen molar-refractivity contribution in [3.8, 4) is 11.5 Å². The summed E-state index contributed by atoms with van der Waals surface area (Å²) in [6.45, 7) is 2.35. The summed E-state index contributed by atoms with van der Waals surface area (Å²) in [5, 5.41) is 2.79. The van der Waals surface area contributed by atoms with Gasteiger partial charge in [-0.15, -0.1) is 0 Å². The number of hydrogen-bond acceptors (Lipinski definition) is 5. The van der Waals surface area contributed by atoms with Crippen molar-refractivity contribution in [2.45, 2.75) is 0 Å². The maximum Gasteiger partial charge on any atom is 0.256 e. The van der Waals surface area contributed by atoms with Gasteiger partial charge in [0.2, 0.25) is 12.7 Å². The molecule has 1 N–H and O–H groups in total. The van der Waals surface area contributed by atoms with Crippen LogP contribution >= 0.6 is 0 Å². The second-order valence-electron chi connectivity index (χ2n) is 6.39. The molecule has 0 saturated carbocycles. The first-order chi connectivity index (χ1) is 13.7. The van der Waals surface area contributed by atoms with E-state index in [9.17, 15) is 9.59 Å². The van der Waals surface area contributed by atoms with Crippen LogP contribution < -0.4 is 14.8 Å². The Kier molecular flexibility index (Phi) is 5.25. The number of rotatable bonds is 4. The topological polar surface area (TPSA) is 77.1 Å². The van der Waals surface area contributed by atoms with Gasteiger partial charge in [-0.2, -0.15) is 0 Å². The van der Waals surface area contributed by atoms with Crippen molar-refractivity contribution < 1.29 is 23.8 Å². The predicted octanol–water partition coefficient (Wildman–Crippen LogP) is 2.54. The van der Waals surface area contributed by atoms with Crippen molar-refractivity contribution in [1.82, 2.24) is 4.90 Å². The lowest BCUT2D eigenvalue weighted by Crippen LogP contribution is -2.41. The Bertz CT molecular complexity index is 919. The maximum atomic E-state index is 12.8. The average molecular weight is 380 g/mol. The third-order valence-electron chi connectivity index (χ3n) is 4.54. The highest BCUT2D eigenvalue weighted by Gasteiger charge is 2.21. The smallest absolute Gasteiger partial charge is 0.256 e. The zero-order valence-electron chi connectivity index (χ0n) is 15.2. The molecule has 2 amide bonds. The van der Waals surface area contributed by atoms with E-state index >= 15 is 0 Å². The van der Waals surface area contributed by atoms with E-state index in [-0.39, 0.29) is 18.6 Å². The van der Waals surface area contributed by atoms with Crippen LogP contribution in [0.25, 0.3) is 6.08 Å². The molecule has 1 fully saturated rings. The largest absolute Gasteiger partial charge is 0.454 e. The number of para-hydroxylation sites is 1. The van der Waals surface area contributed by atoms with Gasteiger partial charge in [0, 0.05) is 19.2 Å². The summed E-state index contributed by atoms with van der Waals surface area (Å²) in [6.07, 6.45) is 3.11. The van der Waals surface area contributed by atoms with Gasteiger partial charge in [0.1, 0.15) is 0 Å². The molecule has 0 radical (unpaired) electrons. The number of ether oxygens (including phenoxy) is 3. The van der Waals surface area contributed by atoms with Crippen LogP contribution in [0.4, 0.5) is 5.69 Å². The first-order valence-corrected chi connectivity index (χ1v) is 9.05. The Balaban J connectivity index is 1.45. The fourth-order valence-corrected chi connectivity index (χ4v) is 3.08. The highest BCUT2D eigenvalue weighted by Crippen LogP contribution is 2.32. The van der Waals surface area contributed by atoms with Crippen molar-refractivity contribution in [3.05, 3.63) is 59.7 Å².